The first-order valence-electron chi connectivity index (χ1n) is 8.23. The lowest BCUT2D eigenvalue weighted by Crippen LogP contribution is -2.44. The van der Waals surface area contributed by atoms with Crippen molar-refractivity contribution in [2.75, 3.05) is 25.0 Å². The molecule has 1 saturated heterocycles. The Balaban J connectivity index is 0.00000243. The molecular formula is C18H22F2IN5. The molecule has 0 bridgehead atoms. The van der Waals surface area contributed by atoms with E-state index in [1.807, 2.05) is 4.90 Å². The molecule has 2 heterocycles. The minimum atomic E-state index is -0.315. The summed E-state index contributed by atoms with van der Waals surface area (Å²) in [6.45, 7) is 1.70. The van der Waals surface area contributed by atoms with E-state index in [0.717, 1.165) is 13.0 Å². The van der Waals surface area contributed by atoms with E-state index in [4.69, 9.17) is 0 Å². The molecule has 0 saturated carbocycles. The van der Waals surface area contributed by atoms with Crippen molar-refractivity contribution in [1.29, 1.82) is 0 Å². The highest BCUT2D eigenvalue weighted by Crippen LogP contribution is 2.20. The zero-order valence-electron chi connectivity index (χ0n) is 14.5. The maximum Gasteiger partial charge on any atom is 0.191 e. The van der Waals surface area contributed by atoms with E-state index < -0.39 is 0 Å². The van der Waals surface area contributed by atoms with E-state index in [-0.39, 0.29) is 41.7 Å². The average Bonchev–Trinajstić information content (AvgIpc) is 3.08. The second-order valence-corrected chi connectivity index (χ2v) is 5.90. The van der Waals surface area contributed by atoms with Crippen molar-refractivity contribution in [2.24, 2.45) is 4.99 Å². The van der Waals surface area contributed by atoms with Gasteiger partial charge in [0.15, 0.2) is 17.6 Å². The summed E-state index contributed by atoms with van der Waals surface area (Å²) >= 11 is 0. The van der Waals surface area contributed by atoms with Crippen molar-refractivity contribution in [3.8, 4) is 0 Å². The summed E-state index contributed by atoms with van der Waals surface area (Å²) in [6, 6.07) is 9.74. The Morgan fingerprint density at radius 3 is 2.73 bits per heavy atom. The Hall–Kier alpha value is -1.97. The van der Waals surface area contributed by atoms with Gasteiger partial charge in [-0.1, -0.05) is 18.2 Å². The quantitative estimate of drug-likeness (QED) is 0.408. The number of hydrogen-bond acceptors (Lipinski definition) is 3. The van der Waals surface area contributed by atoms with Crippen LogP contribution in [-0.2, 0) is 6.54 Å². The monoisotopic (exact) mass is 473 g/mol. The maximum atomic E-state index is 13.8. The molecule has 140 valence electrons. The Morgan fingerprint density at radius 2 is 2.00 bits per heavy atom. The molecule has 1 unspecified atom stereocenters. The summed E-state index contributed by atoms with van der Waals surface area (Å²) in [6.07, 6.45) is 2.43. The number of aliphatic imine (C=N–C) groups is 1. The van der Waals surface area contributed by atoms with Gasteiger partial charge in [-0.2, -0.15) is 0 Å². The smallest absolute Gasteiger partial charge is 0.191 e. The van der Waals surface area contributed by atoms with Gasteiger partial charge in [0, 0.05) is 44.5 Å². The predicted octanol–water partition coefficient (Wildman–Crippen LogP) is 2.92. The number of guanidine groups is 1. The van der Waals surface area contributed by atoms with E-state index in [1.54, 1.807) is 37.5 Å². The van der Waals surface area contributed by atoms with Crippen LogP contribution in [0.1, 0.15) is 12.0 Å². The van der Waals surface area contributed by atoms with Gasteiger partial charge < -0.3 is 15.5 Å². The number of nitrogens with one attached hydrogen (secondary N) is 2. The molecule has 1 atom stereocenters. The Kier molecular flexibility index (Phi) is 7.55. The average molecular weight is 473 g/mol. The van der Waals surface area contributed by atoms with Crippen LogP contribution in [0.25, 0.3) is 0 Å². The van der Waals surface area contributed by atoms with Crippen LogP contribution in [0.2, 0.25) is 0 Å². The summed E-state index contributed by atoms with van der Waals surface area (Å²) in [7, 11) is 1.67. The lowest BCUT2D eigenvalue weighted by atomic mass is 10.2. The van der Waals surface area contributed by atoms with Gasteiger partial charge in [-0.15, -0.1) is 24.0 Å². The molecule has 1 aromatic heterocycles. The largest absolute Gasteiger partial charge is 0.352 e. The highest BCUT2D eigenvalue weighted by atomic mass is 127. The summed E-state index contributed by atoms with van der Waals surface area (Å²) in [5.74, 6) is 0.408. The second-order valence-electron chi connectivity index (χ2n) is 5.90. The Bertz CT molecular complexity index is 756. The third-order valence-electron chi connectivity index (χ3n) is 4.20. The van der Waals surface area contributed by atoms with Crippen molar-refractivity contribution < 1.29 is 8.78 Å². The molecule has 2 N–H and O–H groups in total. The fourth-order valence-corrected chi connectivity index (χ4v) is 2.89. The summed E-state index contributed by atoms with van der Waals surface area (Å²) in [5.41, 5.74) is 0.578. The van der Waals surface area contributed by atoms with E-state index in [2.05, 4.69) is 20.6 Å². The first-order valence-corrected chi connectivity index (χ1v) is 8.23. The number of halogens is 3. The van der Waals surface area contributed by atoms with Gasteiger partial charge in [-0.25, -0.2) is 13.8 Å². The van der Waals surface area contributed by atoms with Gasteiger partial charge in [0.1, 0.15) is 5.82 Å². The SMILES string of the molecule is CN=C(NCc1ccccc1F)NC1CCN(c2ncccc2F)C1.I. The van der Waals surface area contributed by atoms with Crippen molar-refractivity contribution in [3.63, 3.8) is 0 Å². The van der Waals surface area contributed by atoms with Crippen molar-refractivity contribution in [3.05, 3.63) is 59.8 Å². The minimum absolute atomic E-state index is 0. The molecule has 1 fully saturated rings. The molecule has 0 spiro atoms. The Labute approximate surface area is 168 Å². The lowest BCUT2D eigenvalue weighted by Gasteiger charge is -2.20. The molecule has 0 radical (unpaired) electrons. The first kappa shape index (κ1) is 20.3. The van der Waals surface area contributed by atoms with Crippen LogP contribution in [0.15, 0.2) is 47.6 Å². The van der Waals surface area contributed by atoms with Crippen molar-refractivity contribution in [1.82, 2.24) is 15.6 Å². The second kappa shape index (κ2) is 9.65. The van der Waals surface area contributed by atoms with Crippen LogP contribution >= 0.6 is 24.0 Å². The zero-order chi connectivity index (χ0) is 17.6. The number of nitrogens with zero attached hydrogens (tertiary/aromatic N) is 3. The molecule has 1 aliphatic heterocycles. The lowest BCUT2D eigenvalue weighted by molar-refractivity contribution is 0.600. The molecule has 8 heteroatoms. The number of hydrogen-bond donors (Lipinski definition) is 2. The third-order valence-corrected chi connectivity index (χ3v) is 4.20. The minimum Gasteiger partial charge on any atom is -0.352 e. The van der Waals surface area contributed by atoms with Crippen LogP contribution in [-0.4, -0.2) is 37.1 Å². The fraction of sp³-hybridized carbons (Fsp3) is 0.333. The molecule has 3 rings (SSSR count). The summed E-state index contributed by atoms with van der Waals surface area (Å²) in [4.78, 5) is 10.2. The first-order chi connectivity index (χ1) is 12.2. The third kappa shape index (κ3) is 5.03. The van der Waals surface area contributed by atoms with Gasteiger partial charge in [-0.05, 0) is 24.6 Å². The molecular weight excluding hydrogens is 451 g/mol. The zero-order valence-corrected chi connectivity index (χ0v) is 16.8. The number of pyridine rings is 1. The fourth-order valence-electron chi connectivity index (χ4n) is 2.89. The Morgan fingerprint density at radius 1 is 1.23 bits per heavy atom. The number of rotatable bonds is 4. The van der Waals surface area contributed by atoms with E-state index in [9.17, 15) is 8.78 Å². The maximum absolute atomic E-state index is 13.8. The van der Waals surface area contributed by atoms with E-state index >= 15 is 0 Å². The molecule has 5 nitrogen and oxygen atoms in total. The van der Waals surface area contributed by atoms with Crippen molar-refractivity contribution >= 4 is 35.8 Å². The van der Waals surface area contributed by atoms with Crippen LogP contribution in [0.3, 0.4) is 0 Å². The van der Waals surface area contributed by atoms with E-state index in [0.29, 0.717) is 30.4 Å². The highest BCUT2D eigenvalue weighted by molar-refractivity contribution is 14.0. The van der Waals surface area contributed by atoms with Gasteiger partial charge in [0.05, 0.1) is 0 Å². The van der Waals surface area contributed by atoms with Gasteiger partial charge in [0.25, 0.3) is 0 Å². The molecule has 1 aromatic carbocycles. The number of aromatic nitrogens is 1. The van der Waals surface area contributed by atoms with Crippen LogP contribution in [0.5, 0.6) is 0 Å². The predicted molar refractivity (Wildman–Crippen MR) is 110 cm³/mol. The van der Waals surface area contributed by atoms with Gasteiger partial charge >= 0.3 is 0 Å². The van der Waals surface area contributed by atoms with E-state index in [1.165, 1.54) is 12.1 Å². The highest BCUT2D eigenvalue weighted by Gasteiger charge is 2.25. The van der Waals surface area contributed by atoms with Crippen LogP contribution < -0.4 is 15.5 Å². The summed E-state index contributed by atoms with van der Waals surface area (Å²) < 4.78 is 27.5. The van der Waals surface area contributed by atoms with Gasteiger partial charge in [0.2, 0.25) is 0 Å². The molecule has 1 aliphatic rings. The molecule has 2 aromatic rings. The number of benzene rings is 1. The van der Waals surface area contributed by atoms with Crippen molar-refractivity contribution in [2.45, 2.75) is 19.0 Å². The molecule has 0 amide bonds. The summed E-state index contributed by atoms with van der Waals surface area (Å²) in [5, 5.41) is 6.41. The standard InChI is InChI=1S/C18H21F2N5.HI/c1-21-18(23-11-13-5-2-3-6-15(13)19)24-14-8-10-25(12-14)17-16(20)7-4-9-22-17;/h2-7,9,14H,8,10-12H2,1H3,(H2,21,23,24);1H. The van der Waals surface area contributed by atoms with Crippen LogP contribution in [0.4, 0.5) is 14.6 Å². The molecule has 26 heavy (non-hydrogen) atoms. The molecule has 0 aliphatic carbocycles. The number of anilines is 1. The normalized spacial score (nSPS) is 17.0. The topological polar surface area (TPSA) is 52.6 Å². The van der Waals surface area contributed by atoms with Crippen LogP contribution in [0, 0.1) is 11.6 Å². The van der Waals surface area contributed by atoms with Gasteiger partial charge in [-0.3, -0.25) is 4.99 Å².